The highest BCUT2D eigenvalue weighted by Gasteiger charge is 2.27. The molecule has 1 aromatic heterocycles. The molecule has 0 bridgehead atoms. The molecule has 6 heteroatoms. The van der Waals surface area contributed by atoms with Crippen molar-refractivity contribution in [1.82, 2.24) is 0 Å². The SMILES string of the molecule is COC(=O)c1c(NC(=O)c2ccc(N3CCCCC3)cc2)sc2c1CCCC2. The van der Waals surface area contributed by atoms with Gasteiger partial charge in [-0.05, 0) is 74.8 Å². The van der Waals surface area contributed by atoms with Gasteiger partial charge in [-0.15, -0.1) is 11.3 Å². The Kier molecular flexibility index (Phi) is 5.67. The Balaban J connectivity index is 1.53. The summed E-state index contributed by atoms with van der Waals surface area (Å²) < 4.78 is 4.98. The second kappa shape index (κ2) is 8.35. The van der Waals surface area contributed by atoms with Crippen molar-refractivity contribution >= 4 is 33.9 Å². The Bertz CT molecular complexity index is 867. The molecule has 5 nitrogen and oxygen atoms in total. The fourth-order valence-electron chi connectivity index (χ4n) is 4.12. The highest BCUT2D eigenvalue weighted by Crippen LogP contribution is 2.38. The zero-order chi connectivity index (χ0) is 19.5. The number of benzene rings is 1. The third kappa shape index (κ3) is 3.78. The van der Waals surface area contributed by atoms with Crippen LogP contribution in [0, 0.1) is 0 Å². The Morgan fingerprint density at radius 2 is 1.71 bits per heavy atom. The number of hydrogen-bond donors (Lipinski definition) is 1. The van der Waals surface area contributed by atoms with E-state index in [9.17, 15) is 9.59 Å². The zero-order valence-corrected chi connectivity index (χ0v) is 17.1. The summed E-state index contributed by atoms with van der Waals surface area (Å²) in [7, 11) is 1.39. The van der Waals surface area contributed by atoms with Crippen LogP contribution < -0.4 is 10.2 Å². The van der Waals surface area contributed by atoms with Crippen LogP contribution in [-0.2, 0) is 17.6 Å². The summed E-state index contributed by atoms with van der Waals surface area (Å²) in [5.41, 5.74) is 3.36. The number of aryl methyl sites for hydroxylation is 1. The van der Waals surface area contributed by atoms with Gasteiger partial charge in [0.25, 0.3) is 5.91 Å². The molecule has 4 rings (SSSR count). The van der Waals surface area contributed by atoms with Gasteiger partial charge in [-0.25, -0.2) is 4.79 Å². The van der Waals surface area contributed by atoms with Gasteiger partial charge < -0.3 is 15.0 Å². The van der Waals surface area contributed by atoms with E-state index in [-0.39, 0.29) is 11.9 Å². The topological polar surface area (TPSA) is 58.6 Å². The number of nitrogens with one attached hydrogen (secondary N) is 1. The molecule has 0 unspecified atom stereocenters. The van der Waals surface area contributed by atoms with Crippen molar-refractivity contribution in [1.29, 1.82) is 0 Å². The lowest BCUT2D eigenvalue weighted by Gasteiger charge is -2.28. The molecule has 2 heterocycles. The van der Waals surface area contributed by atoms with Gasteiger partial charge in [0.1, 0.15) is 5.00 Å². The summed E-state index contributed by atoms with van der Waals surface area (Å²) in [5.74, 6) is -0.552. The summed E-state index contributed by atoms with van der Waals surface area (Å²) in [6.45, 7) is 2.16. The summed E-state index contributed by atoms with van der Waals surface area (Å²) in [6.07, 6.45) is 7.77. The molecule has 1 fully saturated rings. The third-order valence-electron chi connectivity index (χ3n) is 5.64. The lowest BCUT2D eigenvalue weighted by Crippen LogP contribution is -2.29. The molecular weight excluding hydrogens is 372 g/mol. The van der Waals surface area contributed by atoms with Gasteiger partial charge in [0, 0.05) is 29.2 Å². The number of hydrogen-bond acceptors (Lipinski definition) is 5. The molecule has 1 aliphatic carbocycles. The van der Waals surface area contributed by atoms with Gasteiger partial charge in [-0.2, -0.15) is 0 Å². The minimum absolute atomic E-state index is 0.186. The van der Waals surface area contributed by atoms with Crippen molar-refractivity contribution < 1.29 is 14.3 Å². The van der Waals surface area contributed by atoms with Gasteiger partial charge in [0.15, 0.2) is 0 Å². The number of carbonyl (C=O) groups excluding carboxylic acids is 2. The molecule has 2 aliphatic rings. The number of thiophene rings is 1. The van der Waals surface area contributed by atoms with Gasteiger partial charge in [0.2, 0.25) is 0 Å². The average Bonchev–Trinajstić information content (AvgIpc) is 3.11. The highest BCUT2D eigenvalue weighted by molar-refractivity contribution is 7.17. The molecule has 148 valence electrons. The maximum atomic E-state index is 12.8. The number of piperidine rings is 1. The fourth-order valence-corrected chi connectivity index (χ4v) is 5.40. The molecule has 28 heavy (non-hydrogen) atoms. The first-order valence-electron chi connectivity index (χ1n) is 10.1. The lowest BCUT2D eigenvalue weighted by atomic mass is 9.95. The first kappa shape index (κ1) is 19.0. The predicted molar refractivity (Wildman–Crippen MR) is 113 cm³/mol. The average molecular weight is 399 g/mol. The first-order chi connectivity index (χ1) is 13.7. The second-order valence-electron chi connectivity index (χ2n) is 7.46. The van der Waals surface area contributed by atoms with E-state index < -0.39 is 0 Å². The number of amides is 1. The maximum absolute atomic E-state index is 12.8. The molecule has 1 aromatic carbocycles. The standard InChI is InChI=1S/C22H26N2O3S/c1-27-22(26)19-17-7-3-4-8-18(17)28-21(19)23-20(25)15-9-11-16(12-10-15)24-13-5-2-6-14-24/h9-12H,2-8,13-14H2,1H3,(H,23,25). The number of ether oxygens (including phenoxy) is 1. The van der Waals surface area contributed by atoms with E-state index in [0.29, 0.717) is 16.1 Å². The minimum Gasteiger partial charge on any atom is -0.465 e. The summed E-state index contributed by atoms with van der Waals surface area (Å²) in [6, 6.07) is 7.76. The van der Waals surface area contributed by atoms with Crippen molar-refractivity contribution in [2.75, 3.05) is 30.4 Å². The van der Waals surface area contributed by atoms with E-state index in [1.807, 2.05) is 24.3 Å². The molecule has 0 atom stereocenters. The summed E-state index contributed by atoms with van der Waals surface area (Å²) in [5, 5.41) is 3.58. The normalized spacial score (nSPS) is 16.4. The first-order valence-corrected chi connectivity index (χ1v) is 10.9. The molecule has 0 radical (unpaired) electrons. The largest absolute Gasteiger partial charge is 0.465 e. The van der Waals surface area contributed by atoms with E-state index in [1.165, 1.54) is 42.6 Å². The monoisotopic (exact) mass is 398 g/mol. The molecule has 0 spiro atoms. The van der Waals surface area contributed by atoms with Crippen molar-refractivity contribution in [2.24, 2.45) is 0 Å². The lowest BCUT2D eigenvalue weighted by molar-refractivity contribution is 0.0601. The summed E-state index contributed by atoms with van der Waals surface area (Å²) in [4.78, 5) is 28.7. The number of esters is 1. The van der Waals surface area contributed by atoms with Crippen LogP contribution in [0.25, 0.3) is 0 Å². The molecule has 0 saturated carbocycles. The number of carbonyl (C=O) groups is 2. The van der Waals surface area contributed by atoms with E-state index in [1.54, 1.807) is 0 Å². The Morgan fingerprint density at radius 1 is 1.00 bits per heavy atom. The van der Waals surface area contributed by atoms with Crippen molar-refractivity contribution in [3.8, 4) is 0 Å². The molecule has 1 aliphatic heterocycles. The Hall–Kier alpha value is -2.34. The summed E-state index contributed by atoms with van der Waals surface area (Å²) >= 11 is 1.51. The van der Waals surface area contributed by atoms with E-state index in [4.69, 9.17) is 4.74 Å². The van der Waals surface area contributed by atoms with E-state index >= 15 is 0 Å². The van der Waals surface area contributed by atoms with Gasteiger partial charge in [0.05, 0.1) is 12.7 Å². The molecular formula is C22H26N2O3S. The van der Waals surface area contributed by atoms with Crippen LogP contribution >= 0.6 is 11.3 Å². The molecule has 2 aromatic rings. The Labute approximate surface area is 169 Å². The maximum Gasteiger partial charge on any atom is 0.341 e. The predicted octanol–water partition coefficient (Wildman–Crippen LogP) is 4.66. The highest BCUT2D eigenvalue weighted by atomic mass is 32.1. The number of nitrogens with zero attached hydrogens (tertiary/aromatic N) is 1. The number of anilines is 2. The smallest absolute Gasteiger partial charge is 0.341 e. The number of fused-ring (bicyclic) bond motifs is 1. The van der Waals surface area contributed by atoms with Gasteiger partial charge in [-0.3, -0.25) is 4.79 Å². The van der Waals surface area contributed by atoms with Crippen LogP contribution in [0.5, 0.6) is 0 Å². The van der Waals surface area contributed by atoms with E-state index in [0.717, 1.165) is 50.0 Å². The van der Waals surface area contributed by atoms with E-state index in [2.05, 4.69) is 10.2 Å². The molecule has 1 amide bonds. The number of methoxy groups -OCH3 is 1. The van der Waals surface area contributed by atoms with Gasteiger partial charge in [-0.1, -0.05) is 0 Å². The van der Waals surface area contributed by atoms with Crippen LogP contribution in [0.1, 0.15) is 63.3 Å². The van der Waals surface area contributed by atoms with Gasteiger partial charge >= 0.3 is 5.97 Å². The molecule has 1 saturated heterocycles. The van der Waals surface area contributed by atoms with Crippen molar-refractivity contribution in [2.45, 2.75) is 44.9 Å². The Morgan fingerprint density at radius 3 is 2.43 bits per heavy atom. The molecule has 1 N–H and O–H groups in total. The third-order valence-corrected chi connectivity index (χ3v) is 6.85. The van der Waals surface area contributed by atoms with Crippen LogP contribution in [0.15, 0.2) is 24.3 Å². The second-order valence-corrected chi connectivity index (χ2v) is 8.56. The van der Waals surface area contributed by atoms with Crippen LogP contribution in [-0.4, -0.2) is 32.1 Å². The fraction of sp³-hybridized carbons (Fsp3) is 0.455. The quantitative estimate of drug-likeness (QED) is 0.761. The van der Waals surface area contributed by atoms with Crippen LogP contribution in [0.2, 0.25) is 0 Å². The van der Waals surface area contributed by atoms with Crippen molar-refractivity contribution in [3.05, 3.63) is 45.8 Å². The van der Waals surface area contributed by atoms with Crippen LogP contribution in [0.3, 0.4) is 0 Å². The van der Waals surface area contributed by atoms with Crippen LogP contribution in [0.4, 0.5) is 10.7 Å². The number of rotatable bonds is 4. The zero-order valence-electron chi connectivity index (χ0n) is 16.3. The van der Waals surface area contributed by atoms with Crippen molar-refractivity contribution in [3.63, 3.8) is 0 Å². The minimum atomic E-state index is -0.366.